The lowest BCUT2D eigenvalue weighted by atomic mass is 9.98. The number of methoxy groups -OCH3 is 3. The summed E-state index contributed by atoms with van der Waals surface area (Å²) in [4.78, 5) is 0. The maximum Gasteiger partial charge on any atom is 0.236 e. The highest BCUT2D eigenvalue weighted by atomic mass is 32.2. The molecule has 6 nitrogen and oxygen atoms in total. The number of nitrogens with zero attached hydrogens (tertiary/aromatic N) is 1. The third-order valence-electron chi connectivity index (χ3n) is 4.80. The molecule has 1 aliphatic heterocycles. The Hall–Kier alpha value is -2.77. The van der Waals surface area contributed by atoms with E-state index in [1.54, 1.807) is 39.5 Å². The molecule has 0 spiro atoms. The highest BCUT2D eigenvalue weighted by Crippen LogP contribution is 2.41. The molecule has 2 aromatic rings. The smallest absolute Gasteiger partial charge is 0.236 e. The highest BCUT2D eigenvalue weighted by molar-refractivity contribution is 7.92. The third kappa shape index (κ3) is 4.81. The van der Waals surface area contributed by atoms with Crippen LogP contribution in [-0.4, -0.2) is 47.1 Å². The van der Waals surface area contributed by atoms with Crippen LogP contribution < -0.4 is 14.2 Å². The molecule has 0 atom stereocenters. The van der Waals surface area contributed by atoms with E-state index in [0.717, 1.165) is 16.7 Å². The zero-order chi connectivity index (χ0) is 20.9. The van der Waals surface area contributed by atoms with Crippen LogP contribution in [0.3, 0.4) is 0 Å². The average molecular weight is 416 g/mol. The lowest BCUT2D eigenvalue weighted by molar-refractivity contribution is 0.372. The fourth-order valence-corrected chi connectivity index (χ4v) is 4.37. The Balaban J connectivity index is 1.83. The van der Waals surface area contributed by atoms with Crippen molar-refractivity contribution in [3.05, 3.63) is 65.1 Å². The Labute approximate surface area is 172 Å². The predicted octanol–water partition coefficient (Wildman–Crippen LogP) is 3.80. The molecule has 0 bridgehead atoms. The van der Waals surface area contributed by atoms with Gasteiger partial charge in [-0.05, 0) is 23.6 Å². The Bertz CT molecular complexity index is 988. The van der Waals surface area contributed by atoms with E-state index in [1.807, 2.05) is 36.4 Å². The molecule has 0 amide bonds. The van der Waals surface area contributed by atoms with Crippen molar-refractivity contribution in [1.29, 1.82) is 0 Å². The molecule has 1 aliphatic rings. The molecule has 29 heavy (non-hydrogen) atoms. The molecule has 0 saturated heterocycles. The molecule has 2 aromatic carbocycles. The van der Waals surface area contributed by atoms with Gasteiger partial charge >= 0.3 is 0 Å². The fraction of sp³-hybridized carbons (Fsp3) is 0.273. The summed E-state index contributed by atoms with van der Waals surface area (Å²) in [7, 11) is 1.26. The first kappa shape index (κ1) is 21.0. The summed E-state index contributed by atoms with van der Waals surface area (Å²) in [6, 6.07) is 13.0. The monoisotopic (exact) mass is 415 g/mol. The zero-order valence-electron chi connectivity index (χ0n) is 16.8. The van der Waals surface area contributed by atoms with E-state index in [-0.39, 0.29) is 6.54 Å². The molecule has 0 unspecified atom stereocenters. The minimum Gasteiger partial charge on any atom is -0.496 e. The van der Waals surface area contributed by atoms with Crippen molar-refractivity contribution in [2.45, 2.75) is 6.42 Å². The van der Waals surface area contributed by atoms with Crippen LogP contribution in [0.4, 0.5) is 0 Å². The van der Waals surface area contributed by atoms with E-state index in [0.29, 0.717) is 30.2 Å². The van der Waals surface area contributed by atoms with E-state index in [1.165, 1.54) is 9.71 Å². The van der Waals surface area contributed by atoms with Gasteiger partial charge in [-0.15, -0.1) is 0 Å². The Morgan fingerprint density at radius 3 is 2.14 bits per heavy atom. The topological polar surface area (TPSA) is 65.1 Å². The number of sulfonamides is 1. The van der Waals surface area contributed by atoms with Crippen LogP contribution in [0.5, 0.6) is 17.2 Å². The molecule has 7 heteroatoms. The first-order valence-electron chi connectivity index (χ1n) is 9.21. The van der Waals surface area contributed by atoms with Crippen molar-refractivity contribution in [3.8, 4) is 17.2 Å². The van der Waals surface area contributed by atoms with Gasteiger partial charge in [-0.1, -0.05) is 36.4 Å². The highest BCUT2D eigenvalue weighted by Gasteiger charge is 2.25. The molecule has 1 heterocycles. The van der Waals surface area contributed by atoms with Gasteiger partial charge in [0.15, 0.2) is 0 Å². The van der Waals surface area contributed by atoms with Gasteiger partial charge in [0.2, 0.25) is 10.0 Å². The van der Waals surface area contributed by atoms with Crippen LogP contribution in [-0.2, 0) is 10.0 Å². The Kier molecular flexibility index (Phi) is 6.61. The van der Waals surface area contributed by atoms with E-state index in [9.17, 15) is 8.42 Å². The van der Waals surface area contributed by atoms with Crippen LogP contribution in [0.15, 0.2) is 53.9 Å². The fourth-order valence-electron chi connectivity index (χ4n) is 3.25. The van der Waals surface area contributed by atoms with Crippen LogP contribution >= 0.6 is 0 Å². The van der Waals surface area contributed by atoms with Gasteiger partial charge in [0.25, 0.3) is 0 Å². The number of benzene rings is 2. The van der Waals surface area contributed by atoms with Crippen LogP contribution in [0.25, 0.3) is 11.6 Å². The maximum absolute atomic E-state index is 12.7. The van der Waals surface area contributed by atoms with Crippen molar-refractivity contribution >= 4 is 21.7 Å². The predicted molar refractivity (Wildman–Crippen MR) is 115 cm³/mol. The molecular weight excluding hydrogens is 390 g/mol. The minimum absolute atomic E-state index is 0.287. The molecule has 0 saturated carbocycles. The van der Waals surface area contributed by atoms with Gasteiger partial charge in [-0.3, -0.25) is 0 Å². The standard InChI is InChI=1S/C22H25NO5S/c1-26-19-15-20(27-2)22(21(16-19)28-3)18-9-12-23(13-10-18)29(24,25)14-11-17-7-5-4-6-8-17/h4-9,11,14-16H,10,12-13H2,1-3H3/b14-11+. The minimum atomic E-state index is -3.50. The third-order valence-corrected chi connectivity index (χ3v) is 6.33. The number of hydrogen-bond acceptors (Lipinski definition) is 5. The van der Waals surface area contributed by atoms with Crippen LogP contribution in [0, 0.1) is 0 Å². The largest absolute Gasteiger partial charge is 0.496 e. The number of hydrogen-bond donors (Lipinski definition) is 0. The van der Waals surface area contributed by atoms with Crippen LogP contribution in [0.2, 0.25) is 0 Å². The molecule has 0 radical (unpaired) electrons. The van der Waals surface area contributed by atoms with Crippen molar-refractivity contribution in [2.24, 2.45) is 0 Å². The molecule has 0 N–H and O–H groups in total. The second-order valence-electron chi connectivity index (χ2n) is 6.50. The number of rotatable bonds is 7. The lowest BCUT2D eigenvalue weighted by Gasteiger charge is -2.26. The zero-order valence-corrected chi connectivity index (χ0v) is 17.6. The SMILES string of the molecule is COc1cc(OC)c(C2=CCN(S(=O)(=O)/C=C/c3ccccc3)CC2)c(OC)c1. The maximum atomic E-state index is 12.7. The van der Waals surface area contributed by atoms with E-state index in [4.69, 9.17) is 14.2 Å². The summed E-state index contributed by atoms with van der Waals surface area (Å²) in [6.07, 6.45) is 4.08. The lowest BCUT2D eigenvalue weighted by Crippen LogP contribution is -2.33. The van der Waals surface area contributed by atoms with Gasteiger partial charge in [0.05, 0.1) is 26.9 Å². The Morgan fingerprint density at radius 2 is 1.62 bits per heavy atom. The van der Waals surface area contributed by atoms with Gasteiger partial charge in [0.1, 0.15) is 17.2 Å². The average Bonchev–Trinajstić information content (AvgIpc) is 2.77. The molecular formula is C22H25NO5S. The molecule has 3 rings (SSSR count). The Morgan fingerprint density at radius 1 is 0.966 bits per heavy atom. The van der Waals surface area contributed by atoms with E-state index in [2.05, 4.69) is 0 Å². The van der Waals surface area contributed by atoms with Gasteiger partial charge in [-0.25, -0.2) is 8.42 Å². The normalized spacial score (nSPS) is 15.2. The van der Waals surface area contributed by atoms with Gasteiger partial charge in [-0.2, -0.15) is 4.31 Å². The second kappa shape index (κ2) is 9.15. The van der Waals surface area contributed by atoms with Gasteiger partial charge < -0.3 is 14.2 Å². The van der Waals surface area contributed by atoms with Crippen molar-refractivity contribution < 1.29 is 22.6 Å². The summed E-state index contributed by atoms with van der Waals surface area (Å²) in [5, 5.41) is 1.26. The summed E-state index contributed by atoms with van der Waals surface area (Å²) >= 11 is 0. The quantitative estimate of drug-likeness (QED) is 0.688. The molecule has 0 aromatic heterocycles. The van der Waals surface area contributed by atoms with Crippen molar-refractivity contribution in [1.82, 2.24) is 4.31 Å². The molecule has 0 fully saturated rings. The van der Waals surface area contributed by atoms with Gasteiger partial charge in [0, 0.05) is 30.6 Å². The second-order valence-corrected chi connectivity index (χ2v) is 8.32. The molecule has 0 aliphatic carbocycles. The van der Waals surface area contributed by atoms with E-state index >= 15 is 0 Å². The first-order chi connectivity index (χ1) is 14.0. The summed E-state index contributed by atoms with van der Waals surface area (Å²) < 4.78 is 43.1. The molecule has 154 valence electrons. The van der Waals surface area contributed by atoms with Crippen molar-refractivity contribution in [2.75, 3.05) is 34.4 Å². The van der Waals surface area contributed by atoms with Crippen molar-refractivity contribution in [3.63, 3.8) is 0 Å². The van der Waals surface area contributed by atoms with E-state index < -0.39 is 10.0 Å². The van der Waals surface area contributed by atoms with Crippen LogP contribution in [0.1, 0.15) is 17.5 Å². The summed E-state index contributed by atoms with van der Waals surface area (Å²) in [5.74, 6) is 1.90. The summed E-state index contributed by atoms with van der Waals surface area (Å²) in [5.41, 5.74) is 2.66. The number of ether oxygens (including phenoxy) is 3. The first-order valence-corrected chi connectivity index (χ1v) is 10.7. The summed E-state index contributed by atoms with van der Waals surface area (Å²) in [6.45, 7) is 0.667.